The number of aryl methyl sites for hydroxylation is 1. The van der Waals surface area contributed by atoms with Gasteiger partial charge in [-0.25, -0.2) is 0 Å². The predicted octanol–water partition coefficient (Wildman–Crippen LogP) is 2.22. The van der Waals surface area contributed by atoms with Gasteiger partial charge in [0.05, 0.1) is 5.69 Å². The Hall–Kier alpha value is -0.830. The Balaban J connectivity index is 1.95. The van der Waals surface area contributed by atoms with E-state index in [1.165, 1.54) is 25.7 Å². The van der Waals surface area contributed by atoms with Gasteiger partial charge in [-0.15, -0.1) is 0 Å². The molecule has 3 heteroatoms. The number of aromatic nitrogens is 1. The van der Waals surface area contributed by atoms with Gasteiger partial charge in [0, 0.05) is 12.0 Å². The van der Waals surface area contributed by atoms with Crippen molar-refractivity contribution in [1.82, 2.24) is 5.16 Å². The van der Waals surface area contributed by atoms with Gasteiger partial charge in [0.15, 0.2) is 0 Å². The lowest BCUT2D eigenvalue weighted by Crippen LogP contribution is -2.20. The molecule has 1 aliphatic rings. The smallest absolute Gasteiger partial charge is 0.140 e. The van der Waals surface area contributed by atoms with Crippen LogP contribution in [0.4, 0.5) is 0 Å². The second kappa shape index (κ2) is 4.13. The van der Waals surface area contributed by atoms with E-state index in [0.29, 0.717) is 5.92 Å². The molecule has 0 atom stereocenters. The van der Waals surface area contributed by atoms with Crippen LogP contribution in [0, 0.1) is 12.8 Å². The molecule has 2 rings (SSSR count). The zero-order chi connectivity index (χ0) is 9.97. The maximum Gasteiger partial charge on any atom is 0.140 e. The minimum Gasteiger partial charge on any atom is -0.361 e. The molecule has 1 aromatic rings. The Kier molecular flexibility index (Phi) is 2.87. The molecule has 0 bridgehead atoms. The summed E-state index contributed by atoms with van der Waals surface area (Å²) in [7, 11) is 0. The van der Waals surface area contributed by atoms with Crippen LogP contribution in [0.3, 0.4) is 0 Å². The number of rotatable bonds is 2. The molecule has 0 unspecified atom stereocenters. The standard InChI is InChI=1S/C11H18N2O/c1-8-6-11(14-13-8)10-4-2-9(7-12)3-5-10/h6,9-10H,2-5,7,12H2,1H3. The van der Waals surface area contributed by atoms with Gasteiger partial charge in [0.1, 0.15) is 5.76 Å². The van der Waals surface area contributed by atoms with Crippen molar-refractivity contribution in [1.29, 1.82) is 0 Å². The van der Waals surface area contributed by atoms with Crippen LogP contribution in [-0.2, 0) is 0 Å². The fraction of sp³-hybridized carbons (Fsp3) is 0.727. The maximum atomic E-state index is 5.66. The molecule has 1 heterocycles. The van der Waals surface area contributed by atoms with Crippen molar-refractivity contribution in [2.45, 2.75) is 38.5 Å². The fourth-order valence-corrected chi connectivity index (χ4v) is 2.26. The Bertz CT molecular complexity index is 287. The topological polar surface area (TPSA) is 52.0 Å². The van der Waals surface area contributed by atoms with Crippen LogP contribution in [0.2, 0.25) is 0 Å². The van der Waals surface area contributed by atoms with E-state index in [4.69, 9.17) is 10.3 Å². The van der Waals surface area contributed by atoms with Crippen LogP contribution in [0.5, 0.6) is 0 Å². The zero-order valence-electron chi connectivity index (χ0n) is 8.70. The minimum atomic E-state index is 0.582. The van der Waals surface area contributed by atoms with Gasteiger partial charge in [-0.3, -0.25) is 0 Å². The molecule has 0 radical (unpaired) electrons. The summed E-state index contributed by atoms with van der Waals surface area (Å²) >= 11 is 0. The van der Waals surface area contributed by atoms with Gasteiger partial charge < -0.3 is 10.3 Å². The highest BCUT2D eigenvalue weighted by Gasteiger charge is 2.23. The van der Waals surface area contributed by atoms with Crippen LogP contribution in [0.25, 0.3) is 0 Å². The van der Waals surface area contributed by atoms with Crippen LogP contribution in [-0.4, -0.2) is 11.7 Å². The quantitative estimate of drug-likeness (QED) is 0.785. The van der Waals surface area contributed by atoms with E-state index < -0.39 is 0 Å². The molecule has 0 spiro atoms. The summed E-state index contributed by atoms with van der Waals surface area (Å²) < 4.78 is 5.29. The average molecular weight is 194 g/mol. The molecule has 2 N–H and O–H groups in total. The molecule has 14 heavy (non-hydrogen) atoms. The molecular formula is C11H18N2O. The van der Waals surface area contributed by atoms with Crippen molar-refractivity contribution in [2.24, 2.45) is 11.7 Å². The third-order valence-corrected chi connectivity index (χ3v) is 3.23. The molecule has 1 aromatic heterocycles. The number of nitrogens with two attached hydrogens (primary N) is 1. The molecule has 1 saturated carbocycles. The highest BCUT2D eigenvalue weighted by molar-refractivity contribution is 5.09. The summed E-state index contributed by atoms with van der Waals surface area (Å²) in [5.41, 5.74) is 6.64. The van der Waals surface area contributed by atoms with E-state index in [0.717, 1.165) is 23.9 Å². The lowest BCUT2D eigenvalue weighted by atomic mass is 9.81. The van der Waals surface area contributed by atoms with E-state index in [9.17, 15) is 0 Å². The van der Waals surface area contributed by atoms with Gasteiger partial charge in [-0.05, 0) is 45.1 Å². The molecule has 0 amide bonds. The third-order valence-electron chi connectivity index (χ3n) is 3.23. The highest BCUT2D eigenvalue weighted by atomic mass is 16.5. The first-order chi connectivity index (χ1) is 6.79. The zero-order valence-corrected chi connectivity index (χ0v) is 8.70. The SMILES string of the molecule is Cc1cc(C2CCC(CN)CC2)on1. The number of hydrogen-bond acceptors (Lipinski definition) is 3. The summed E-state index contributed by atoms with van der Waals surface area (Å²) in [6, 6.07) is 2.06. The van der Waals surface area contributed by atoms with Gasteiger partial charge in [-0.2, -0.15) is 0 Å². The minimum absolute atomic E-state index is 0.582. The highest BCUT2D eigenvalue weighted by Crippen LogP contribution is 2.35. The van der Waals surface area contributed by atoms with Crippen molar-refractivity contribution < 1.29 is 4.52 Å². The monoisotopic (exact) mass is 194 g/mol. The first-order valence-electron chi connectivity index (χ1n) is 5.43. The van der Waals surface area contributed by atoms with Crippen LogP contribution in [0.15, 0.2) is 10.6 Å². The molecule has 78 valence electrons. The molecule has 3 nitrogen and oxygen atoms in total. The van der Waals surface area contributed by atoms with Gasteiger partial charge in [0.25, 0.3) is 0 Å². The molecule has 0 aromatic carbocycles. The largest absolute Gasteiger partial charge is 0.361 e. The van der Waals surface area contributed by atoms with E-state index in [1.54, 1.807) is 0 Å². The lowest BCUT2D eigenvalue weighted by molar-refractivity contribution is 0.280. The van der Waals surface area contributed by atoms with Crippen molar-refractivity contribution in [2.75, 3.05) is 6.54 Å². The van der Waals surface area contributed by atoms with Crippen LogP contribution in [0.1, 0.15) is 43.1 Å². The van der Waals surface area contributed by atoms with Gasteiger partial charge >= 0.3 is 0 Å². The third kappa shape index (κ3) is 1.98. The molecular weight excluding hydrogens is 176 g/mol. The summed E-state index contributed by atoms with van der Waals surface area (Å²) in [5, 5.41) is 3.93. The first-order valence-corrected chi connectivity index (χ1v) is 5.43. The van der Waals surface area contributed by atoms with E-state index in [-0.39, 0.29) is 0 Å². The predicted molar refractivity (Wildman–Crippen MR) is 55.0 cm³/mol. The van der Waals surface area contributed by atoms with E-state index >= 15 is 0 Å². The van der Waals surface area contributed by atoms with E-state index in [1.807, 2.05) is 6.92 Å². The first kappa shape index (κ1) is 9.71. The fourth-order valence-electron chi connectivity index (χ4n) is 2.26. The molecule has 0 aliphatic heterocycles. The summed E-state index contributed by atoms with van der Waals surface area (Å²) in [5.74, 6) is 2.38. The Labute approximate surface area is 84.7 Å². The van der Waals surface area contributed by atoms with Crippen molar-refractivity contribution >= 4 is 0 Å². The van der Waals surface area contributed by atoms with Crippen molar-refractivity contribution in [3.8, 4) is 0 Å². The Morgan fingerprint density at radius 3 is 2.64 bits per heavy atom. The van der Waals surface area contributed by atoms with E-state index in [2.05, 4.69) is 11.2 Å². The van der Waals surface area contributed by atoms with Crippen LogP contribution < -0.4 is 5.73 Å². The second-order valence-electron chi connectivity index (χ2n) is 4.32. The van der Waals surface area contributed by atoms with Crippen molar-refractivity contribution in [3.05, 3.63) is 17.5 Å². The second-order valence-corrected chi connectivity index (χ2v) is 4.32. The summed E-state index contributed by atoms with van der Waals surface area (Å²) in [6.45, 7) is 2.81. The molecule has 1 fully saturated rings. The number of hydrogen-bond donors (Lipinski definition) is 1. The molecule has 0 saturated heterocycles. The summed E-state index contributed by atoms with van der Waals surface area (Å²) in [4.78, 5) is 0. The van der Waals surface area contributed by atoms with Crippen molar-refractivity contribution in [3.63, 3.8) is 0 Å². The number of nitrogens with zero attached hydrogens (tertiary/aromatic N) is 1. The summed E-state index contributed by atoms with van der Waals surface area (Å²) in [6.07, 6.45) is 4.88. The van der Waals surface area contributed by atoms with Gasteiger partial charge in [0.2, 0.25) is 0 Å². The molecule has 1 aliphatic carbocycles. The van der Waals surface area contributed by atoms with Gasteiger partial charge in [-0.1, -0.05) is 5.16 Å². The van der Waals surface area contributed by atoms with Crippen LogP contribution >= 0.6 is 0 Å². The lowest BCUT2D eigenvalue weighted by Gasteiger charge is -2.25. The average Bonchev–Trinajstić information content (AvgIpc) is 2.65. The Morgan fingerprint density at radius 2 is 2.14 bits per heavy atom. The Morgan fingerprint density at radius 1 is 1.43 bits per heavy atom. The maximum absolute atomic E-state index is 5.66. The normalized spacial score (nSPS) is 27.9.